The van der Waals surface area contributed by atoms with Crippen LogP contribution in [0.3, 0.4) is 0 Å². The van der Waals surface area contributed by atoms with Crippen LogP contribution in [0.2, 0.25) is 36.3 Å². The molecule has 0 aromatic rings. The molecule has 1 saturated heterocycles. The summed E-state index contributed by atoms with van der Waals surface area (Å²) in [4.78, 5) is 0. The molecule has 0 aromatic heterocycles. The lowest BCUT2D eigenvalue weighted by molar-refractivity contribution is -0.203. The van der Waals surface area contributed by atoms with Gasteiger partial charge < -0.3 is 18.7 Å². The maximum atomic E-state index is 11.1. The summed E-state index contributed by atoms with van der Waals surface area (Å²) in [7, 11) is -3.80. The van der Waals surface area contributed by atoms with E-state index >= 15 is 0 Å². The monoisotopic (exact) mass is 456 g/mol. The van der Waals surface area contributed by atoms with Crippen molar-refractivity contribution in [2.24, 2.45) is 17.3 Å². The summed E-state index contributed by atoms with van der Waals surface area (Å²) in [5.74, 6) is 0.140. The van der Waals surface area contributed by atoms with Crippen molar-refractivity contribution in [1.82, 2.24) is 0 Å². The third kappa shape index (κ3) is 4.29. The fourth-order valence-electron chi connectivity index (χ4n) is 5.39. The highest BCUT2D eigenvalue weighted by Crippen LogP contribution is 2.65. The first-order chi connectivity index (χ1) is 13.7. The van der Waals surface area contributed by atoms with Crippen molar-refractivity contribution in [2.45, 2.75) is 116 Å². The summed E-state index contributed by atoms with van der Waals surface area (Å²) in [6, 6.07) is 3.34. The molecule has 1 heterocycles. The number of hydrogen-bond acceptors (Lipinski definition) is 4. The van der Waals surface area contributed by atoms with E-state index in [0.717, 1.165) is 24.6 Å². The number of rotatable bonds is 10. The number of aliphatic hydroxyl groups excluding tert-OH is 1. The summed E-state index contributed by atoms with van der Waals surface area (Å²) in [6.45, 7) is 27.2. The first-order valence-corrected chi connectivity index (χ1v) is 17.4. The minimum Gasteiger partial charge on any atom is -0.414 e. The van der Waals surface area contributed by atoms with Crippen LogP contribution in [0, 0.1) is 17.3 Å². The topological polar surface area (TPSA) is 47.9 Å². The number of ether oxygens (including phenoxy) is 1. The Kier molecular flexibility index (Phi) is 7.66. The number of fused-ring (bicyclic) bond motifs is 1. The lowest BCUT2D eigenvalue weighted by atomic mass is 9.50. The van der Waals surface area contributed by atoms with Gasteiger partial charge in [-0.15, -0.1) is 6.58 Å². The van der Waals surface area contributed by atoms with E-state index in [1.807, 2.05) is 6.08 Å². The van der Waals surface area contributed by atoms with Gasteiger partial charge in [0.15, 0.2) is 22.9 Å². The summed E-state index contributed by atoms with van der Waals surface area (Å²) >= 11 is 0. The molecule has 30 heavy (non-hydrogen) atoms. The summed E-state index contributed by atoms with van der Waals surface area (Å²) in [5, 5.41) is 11.2. The molecule has 1 aliphatic carbocycles. The third-order valence-corrected chi connectivity index (χ3v) is 18.1. The molecular formula is C24H48O4Si2. The van der Waals surface area contributed by atoms with E-state index in [-0.39, 0.29) is 28.4 Å². The normalized spacial score (nSPS) is 32.4. The van der Waals surface area contributed by atoms with Crippen molar-refractivity contribution in [1.29, 1.82) is 0 Å². The molecule has 176 valence electrons. The minimum atomic E-state index is -2.05. The van der Waals surface area contributed by atoms with Crippen LogP contribution in [-0.4, -0.2) is 46.3 Å². The van der Waals surface area contributed by atoms with Gasteiger partial charge in [0, 0.05) is 11.8 Å². The molecule has 2 fully saturated rings. The fourth-order valence-corrected chi connectivity index (χ4v) is 9.36. The SMILES string of the molecule is C=C[C@]12O[C@H](O)[C@H]([C@@H](CO[Si](CC)(CC)CC)O[Si](C)(C)C(C)(C)C)[C@H]1CC2(C)C. The summed E-state index contributed by atoms with van der Waals surface area (Å²) < 4.78 is 19.9. The van der Waals surface area contributed by atoms with Crippen LogP contribution in [0.5, 0.6) is 0 Å². The predicted molar refractivity (Wildman–Crippen MR) is 131 cm³/mol. The predicted octanol–water partition coefficient (Wildman–Crippen LogP) is 6.33. The molecule has 1 aliphatic heterocycles. The van der Waals surface area contributed by atoms with Crippen LogP contribution in [0.25, 0.3) is 0 Å². The first kappa shape index (κ1) is 26.3. The van der Waals surface area contributed by atoms with Gasteiger partial charge in [-0.05, 0) is 48.1 Å². The average molecular weight is 457 g/mol. The zero-order chi connectivity index (χ0) is 23.2. The second-order valence-corrected chi connectivity index (χ2v) is 21.3. The standard InChI is InChI=1S/C24H48O4Si2/c1-12-24-18(16-23(24,8)9)20(21(25)27-24)19(28-29(10,11)22(5,6)7)17-26-30(13-2,14-3)15-4/h12,18-21,25H,1,13-17H2,2-11H3/t18-,19-,20+,21+,24+/m1/s1. The molecule has 2 aliphatic rings. The van der Waals surface area contributed by atoms with E-state index in [2.05, 4.69) is 75.1 Å². The van der Waals surface area contributed by atoms with Crippen molar-refractivity contribution in [3.05, 3.63) is 12.7 Å². The number of hydrogen-bond donors (Lipinski definition) is 1. The molecule has 0 amide bonds. The van der Waals surface area contributed by atoms with Crippen molar-refractivity contribution in [3.63, 3.8) is 0 Å². The molecular weight excluding hydrogens is 408 g/mol. The molecule has 0 unspecified atom stereocenters. The lowest BCUT2D eigenvalue weighted by Gasteiger charge is -2.57. The van der Waals surface area contributed by atoms with Gasteiger partial charge in [-0.2, -0.15) is 0 Å². The maximum absolute atomic E-state index is 11.1. The summed E-state index contributed by atoms with van der Waals surface area (Å²) in [6.07, 6.45) is 1.95. The molecule has 1 N–H and O–H groups in total. The van der Waals surface area contributed by atoms with Crippen molar-refractivity contribution >= 4 is 16.6 Å². The Labute approximate surface area is 188 Å². The highest BCUT2D eigenvalue weighted by atomic mass is 28.4. The second-order valence-electron chi connectivity index (χ2n) is 11.7. The Balaban J connectivity index is 2.35. The smallest absolute Gasteiger partial charge is 0.192 e. The van der Waals surface area contributed by atoms with Gasteiger partial charge in [0.2, 0.25) is 0 Å². The van der Waals surface area contributed by atoms with Crippen molar-refractivity contribution in [2.75, 3.05) is 6.61 Å². The molecule has 4 nitrogen and oxygen atoms in total. The van der Waals surface area contributed by atoms with Gasteiger partial charge >= 0.3 is 0 Å². The highest BCUT2D eigenvalue weighted by Gasteiger charge is 2.69. The van der Waals surface area contributed by atoms with Gasteiger partial charge in [0.05, 0.1) is 18.3 Å². The zero-order valence-corrected chi connectivity index (χ0v) is 23.3. The Hall–Kier alpha value is 0.0138. The quantitative estimate of drug-likeness (QED) is 0.308. The van der Waals surface area contributed by atoms with E-state index < -0.39 is 28.5 Å². The zero-order valence-electron chi connectivity index (χ0n) is 21.3. The lowest BCUT2D eigenvalue weighted by Crippen LogP contribution is -2.61. The highest BCUT2D eigenvalue weighted by molar-refractivity contribution is 6.74. The Bertz CT molecular complexity index is 601. The van der Waals surface area contributed by atoms with Gasteiger partial charge in [0.1, 0.15) is 0 Å². The largest absolute Gasteiger partial charge is 0.414 e. The summed E-state index contributed by atoms with van der Waals surface area (Å²) in [5.41, 5.74) is -0.493. The average Bonchev–Trinajstić information content (AvgIpc) is 2.90. The molecule has 1 saturated carbocycles. The van der Waals surface area contributed by atoms with E-state index in [1.54, 1.807) is 0 Å². The second kappa shape index (κ2) is 8.75. The van der Waals surface area contributed by atoms with Crippen LogP contribution in [0.1, 0.15) is 61.8 Å². The Morgan fingerprint density at radius 1 is 1.17 bits per heavy atom. The van der Waals surface area contributed by atoms with E-state index in [4.69, 9.17) is 13.6 Å². The van der Waals surface area contributed by atoms with Crippen molar-refractivity contribution in [3.8, 4) is 0 Å². The Morgan fingerprint density at radius 2 is 1.70 bits per heavy atom. The van der Waals surface area contributed by atoms with E-state index in [1.165, 1.54) is 0 Å². The van der Waals surface area contributed by atoms with E-state index in [9.17, 15) is 5.11 Å². The molecule has 0 spiro atoms. The molecule has 0 bridgehead atoms. The van der Waals surface area contributed by atoms with Crippen LogP contribution in [0.15, 0.2) is 12.7 Å². The van der Waals surface area contributed by atoms with Crippen LogP contribution in [-0.2, 0) is 13.6 Å². The molecule has 2 rings (SSSR count). The van der Waals surface area contributed by atoms with Crippen molar-refractivity contribution < 1.29 is 18.7 Å². The minimum absolute atomic E-state index is 0.0215. The van der Waals surface area contributed by atoms with Crippen LogP contribution >= 0.6 is 0 Å². The van der Waals surface area contributed by atoms with Gasteiger partial charge in [-0.3, -0.25) is 0 Å². The third-order valence-electron chi connectivity index (χ3n) is 8.92. The van der Waals surface area contributed by atoms with Gasteiger partial charge in [-0.1, -0.05) is 61.5 Å². The molecule has 5 atom stereocenters. The van der Waals surface area contributed by atoms with Crippen LogP contribution < -0.4 is 0 Å². The van der Waals surface area contributed by atoms with Gasteiger partial charge in [0.25, 0.3) is 0 Å². The van der Waals surface area contributed by atoms with Gasteiger partial charge in [-0.25, -0.2) is 0 Å². The first-order valence-electron chi connectivity index (χ1n) is 12.0. The van der Waals surface area contributed by atoms with E-state index in [0.29, 0.717) is 6.61 Å². The Morgan fingerprint density at radius 3 is 2.07 bits per heavy atom. The number of aliphatic hydroxyl groups is 1. The molecule has 0 aromatic carbocycles. The maximum Gasteiger partial charge on any atom is 0.192 e. The van der Waals surface area contributed by atoms with Crippen LogP contribution in [0.4, 0.5) is 0 Å². The fraction of sp³-hybridized carbons (Fsp3) is 0.917. The molecule has 0 radical (unpaired) electrons. The molecule has 6 heteroatoms.